The lowest BCUT2D eigenvalue weighted by Gasteiger charge is -2.23. The Morgan fingerprint density at radius 2 is 2.20 bits per heavy atom. The third kappa shape index (κ3) is 4.48. The summed E-state index contributed by atoms with van der Waals surface area (Å²) in [5.74, 6) is 6.49. The minimum atomic E-state index is -1.07. The Labute approximate surface area is 94.5 Å². The van der Waals surface area contributed by atoms with Crippen LogP contribution in [0.1, 0.15) is 12.8 Å². The van der Waals surface area contributed by atoms with Crippen LogP contribution in [0, 0.1) is 29.6 Å². The Morgan fingerprint density at radius 3 is 2.73 bits per heavy atom. The number of nitrogens with one attached hydrogen (secondary N) is 1. The van der Waals surface area contributed by atoms with Gasteiger partial charge in [-0.1, -0.05) is 37.7 Å². The van der Waals surface area contributed by atoms with Gasteiger partial charge < -0.3 is 5.41 Å². The van der Waals surface area contributed by atoms with Gasteiger partial charge in [-0.2, -0.15) is 0 Å². The highest BCUT2D eigenvalue weighted by atomic mass is 28.3. The molecule has 0 aromatic carbocycles. The summed E-state index contributed by atoms with van der Waals surface area (Å²) in [4.78, 5) is 0. The van der Waals surface area contributed by atoms with Gasteiger partial charge in [-0.3, -0.25) is 0 Å². The van der Waals surface area contributed by atoms with Crippen LogP contribution in [0.5, 0.6) is 0 Å². The minimum Gasteiger partial charge on any atom is -0.309 e. The van der Waals surface area contributed by atoms with Crippen LogP contribution in [0.15, 0.2) is 12.2 Å². The lowest BCUT2D eigenvalue weighted by molar-refractivity contribution is 0.663. The van der Waals surface area contributed by atoms with Crippen molar-refractivity contribution >= 4 is 13.8 Å². The van der Waals surface area contributed by atoms with Crippen LogP contribution >= 0.6 is 0 Å². The molecule has 0 saturated carbocycles. The van der Waals surface area contributed by atoms with Gasteiger partial charge in [0.15, 0.2) is 0 Å². The average molecular weight is 218 g/mol. The highest BCUT2D eigenvalue weighted by molar-refractivity contribution is 6.76. The van der Waals surface area contributed by atoms with Crippen LogP contribution in [0.3, 0.4) is 0 Å². The fraction of sp³-hybridized carbons (Fsp3) is 0.538. The highest BCUT2D eigenvalue weighted by Crippen LogP contribution is 2.27. The van der Waals surface area contributed by atoms with Crippen molar-refractivity contribution in [1.82, 2.24) is 0 Å². The van der Waals surface area contributed by atoms with Crippen molar-refractivity contribution in [2.45, 2.75) is 38.5 Å². The van der Waals surface area contributed by atoms with Crippen LogP contribution in [-0.4, -0.2) is 13.8 Å². The van der Waals surface area contributed by atoms with Gasteiger partial charge in [-0.25, -0.2) is 0 Å². The monoisotopic (exact) mass is 218 g/mol. The van der Waals surface area contributed by atoms with Gasteiger partial charge in [0.25, 0.3) is 0 Å². The maximum atomic E-state index is 7.65. The molecule has 1 N–H and O–H groups in total. The molecule has 1 radical (unpaired) electrons. The lowest BCUT2D eigenvalue weighted by Crippen LogP contribution is -2.21. The second kappa shape index (κ2) is 4.36. The summed E-state index contributed by atoms with van der Waals surface area (Å²) in [6, 6.07) is 1.02. The molecular weight excluding hydrogens is 198 g/mol. The second-order valence-electron chi connectivity index (χ2n) is 5.58. The van der Waals surface area contributed by atoms with Crippen LogP contribution in [0.25, 0.3) is 0 Å². The molecule has 0 saturated heterocycles. The Balaban J connectivity index is 2.67. The molecule has 2 heteroatoms. The van der Waals surface area contributed by atoms with E-state index in [2.05, 4.69) is 44.5 Å². The van der Waals surface area contributed by atoms with Crippen molar-refractivity contribution < 1.29 is 0 Å². The first kappa shape index (κ1) is 12.3. The molecule has 15 heavy (non-hydrogen) atoms. The summed E-state index contributed by atoms with van der Waals surface area (Å²) >= 11 is 0. The molecule has 0 heterocycles. The van der Waals surface area contributed by atoms with Crippen LogP contribution in [0.2, 0.25) is 25.7 Å². The molecule has 1 rings (SSSR count). The van der Waals surface area contributed by atoms with Gasteiger partial charge in [0.05, 0.1) is 13.5 Å². The van der Waals surface area contributed by atoms with Crippen molar-refractivity contribution in [2.24, 2.45) is 5.41 Å². The van der Waals surface area contributed by atoms with Gasteiger partial charge in [-0.05, 0) is 6.92 Å². The molecule has 1 aliphatic carbocycles. The van der Waals surface area contributed by atoms with Crippen molar-refractivity contribution in [3.63, 3.8) is 0 Å². The Morgan fingerprint density at radius 1 is 1.53 bits per heavy atom. The summed E-state index contributed by atoms with van der Waals surface area (Å²) in [5, 5.41) is 7.65. The second-order valence-corrected chi connectivity index (χ2v) is 11.1. The topological polar surface area (TPSA) is 23.9 Å². The SMILES string of the molecule is [CH2]C1(C#CC[Si](C)(C)C)C=CCC(=N)C1. The van der Waals surface area contributed by atoms with Crippen molar-refractivity contribution in [3.8, 4) is 11.8 Å². The zero-order valence-corrected chi connectivity index (χ0v) is 11.0. The summed E-state index contributed by atoms with van der Waals surface area (Å²) in [6.45, 7) is 11.1. The predicted octanol–water partition coefficient (Wildman–Crippen LogP) is 3.52. The molecule has 0 bridgehead atoms. The highest BCUT2D eigenvalue weighted by Gasteiger charge is 2.23. The van der Waals surface area contributed by atoms with Crippen LogP contribution in [0.4, 0.5) is 0 Å². The minimum absolute atomic E-state index is 0.324. The third-order valence-corrected chi connectivity index (χ3v) is 3.52. The molecule has 0 aromatic rings. The fourth-order valence-electron chi connectivity index (χ4n) is 1.51. The number of hydrogen-bond acceptors (Lipinski definition) is 1. The van der Waals surface area contributed by atoms with E-state index in [1.807, 2.05) is 6.08 Å². The predicted molar refractivity (Wildman–Crippen MR) is 69.8 cm³/mol. The lowest BCUT2D eigenvalue weighted by atomic mass is 9.80. The zero-order valence-electron chi connectivity index (χ0n) is 9.98. The van der Waals surface area contributed by atoms with Crippen molar-refractivity contribution in [1.29, 1.82) is 5.41 Å². The average Bonchev–Trinajstić information content (AvgIpc) is 1.99. The molecule has 0 spiro atoms. The van der Waals surface area contributed by atoms with E-state index in [1.54, 1.807) is 0 Å². The van der Waals surface area contributed by atoms with E-state index in [0.717, 1.165) is 18.2 Å². The van der Waals surface area contributed by atoms with E-state index in [4.69, 9.17) is 5.41 Å². The fourth-order valence-corrected chi connectivity index (χ4v) is 2.13. The van der Waals surface area contributed by atoms with E-state index in [1.165, 1.54) is 0 Å². The van der Waals surface area contributed by atoms with Crippen LogP contribution in [-0.2, 0) is 0 Å². The molecule has 1 atom stereocenters. The van der Waals surface area contributed by atoms with Gasteiger partial charge in [0.1, 0.15) is 0 Å². The molecule has 0 fully saturated rings. The van der Waals surface area contributed by atoms with E-state index >= 15 is 0 Å². The molecule has 0 aliphatic heterocycles. The standard InChI is InChI=1S/C13H20NSi/c1-13(8-5-7-12(14)11-13)9-6-10-15(2,3)4/h5,8,14H,1,7,10-11H2,2-4H3. The normalized spacial score (nSPS) is 26.0. The molecule has 1 nitrogen and oxygen atoms in total. The van der Waals surface area contributed by atoms with Crippen LogP contribution < -0.4 is 0 Å². The summed E-state index contributed by atoms with van der Waals surface area (Å²) in [6.07, 6.45) is 5.54. The molecule has 0 amide bonds. The maximum Gasteiger partial charge on any atom is 0.0573 e. The molecule has 0 aromatic heterocycles. The Kier molecular flexibility index (Phi) is 3.57. The first-order valence-electron chi connectivity index (χ1n) is 5.40. The largest absolute Gasteiger partial charge is 0.309 e. The zero-order chi connectivity index (χ0) is 11.5. The Bertz CT molecular complexity index is 338. The molecular formula is C13H20NSi. The first-order valence-corrected chi connectivity index (χ1v) is 9.11. The van der Waals surface area contributed by atoms with Gasteiger partial charge in [0, 0.05) is 24.6 Å². The van der Waals surface area contributed by atoms with Gasteiger partial charge in [0.2, 0.25) is 0 Å². The number of hydrogen-bond donors (Lipinski definition) is 1. The quantitative estimate of drug-likeness (QED) is 0.395. The smallest absolute Gasteiger partial charge is 0.0573 e. The van der Waals surface area contributed by atoms with E-state index in [9.17, 15) is 0 Å². The maximum absolute atomic E-state index is 7.65. The van der Waals surface area contributed by atoms with E-state index in [-0.39, 0.29) is 5.41 Å². The van der Waals surface area contributed by atoms with Gasteiger partial charge >= 0.3 is 0 Å². The molecule has 1 aliphatic rings. The summed E-state index contributed by atoms with van der Waals surface area (Å²) in [7, 11) is -1.07. The van der Waals surface area contributed by atoms with Crippen molar-refractivity contribution in [3.05, 3.63) is 19.1 Å². The first-order chi connectivity index (χ1) is 6.81. The molecule has 1 unspecified atom stereocenters. The van der Waals surface area contributed by atoms with E-state index < -0.39 is 8.07 Å². The number of allylic oxidation sites excluding steroid dienone is 2. The summed E-state index contributed by atoms with van der Waals surface area (Å²) in [5.41, 5.74) is 0.421. The van der Waals surface area contributed by atoms with Crippen molar-refractivity contribution in [2.75, 3.05) is 0 Å². The van der Waals surface area contributed by atoms with E-state index in [0.29, 0.717) is 6.42 Å². The Hall–Kier alpha value is -0.813. The third-order valence-electron chi connectivity index (χ3n) is 2.29. The summed E-state index contributed by atoms with van der Waals surface area (Å²) < 4.78 is 0. The number of rotatable bonds is 1. The van der Waals surface area contributed by atoms with Gasteiger partial charge in [-0.15, -0.1) is 5.92 Å². The molecule has 81 valence electrons.